The largest absolute Gasteiger partial charge is 0.354 e. The standard InChI is InChI=1S/C15H23N3O/c1-12-5-3-4-6-13(12)7-8-17-15(19)14-11-16-9-10-18(14)2/h3-6,14,16H,7-11H2,1-2H3,(H,17,19). The first-order valence-electron chi connectivity index (χ1n) is 6.91. The molecule has 2 N–H and O–H groups in total. The van der Waals surface area contributed by atoms with Crippen molar-refractivity contribution in [2.45, 2.75) is 19.4 Å². The number of likely N-dealkylation sites (N-methyl/N-ethyl adjacent to an activating group) is 1. The molecule has 4 nitrogen and oxygen atoms in total. The van der Waals surface area contributed by atoms with Crippen LogP contribution >= 0.6 is 0 Å². The van der Waals surface area contributed by atoms with Crippen molar-refractivity contribution in [3.8, 4) is 0 Å². The molecule has 0 aliphatic carbocycles. The van der Waals surface area contributed by atoms with Crippen molar-refractivity contribution in [3.05, 3.63) is 35.4 Å². The molecular weight excluding hydrogens is 238 g/mol. The third kappa shape index (κ3) is 3.78. The summed E-state index contributed by atoms with van der Waals surface area (Å²) in [6, 6.07) is 8.28. The topological polar surface area (TPSA) is 44.4 Å². The zero-order valence-corrected chi connectivity index (χ0v) is 11.8. The van der Waals surface area contributed by atoms with E-state index in [9.17, 15) is 4.79 Å². The third-order valence-corrected chi connectivity index (χ3v) is 3.77. The Morgan fingerprint density at radius 1 is 1.47 bits per heavy atom. The minimum atomic E-state index is -0.0365. The Hall–Kier alpha value is -1.39. The lowest BCUT2D eigenvalue weighted by atomic mass is 10.1. The van der Waals surface area contributed by atoms with Crippen LogP contribution in [0.5, 0.6) is 0 Å². The van der Waals surface area contributed by atoms with E-state index in [0.717, 1.165) is 26.1 Å². The smallest absolute Gasteiger partial charge is 0.238 e. The molecule has 1 fully saturated rings. The molecule has 0 radical (unpaired) electrons. The highest BCUT2D eigenvalue weighted by Gasteiger charge is 2.25. The molecule has 1 saturated heterocycles. The Kier molecular flexibility index (Phi) is 4.93. The quantitative estimate of drug-likeness (QED) is 0.832. The van der Waals surface area contributed by atoms with Crippen LogP contribution in [0.25, 0.3) is 0 Å². The third-order valence-electron chi connectivity index (χ3n) is 3.77. The number of nitrogens with zero attached hydrogens (tertiary/aromatic N) is 1. The zero-order chi connectivity index (χ0) is 13.7. The monoisotopic (exact) mass is 261 g/mol. The predicted octanol–water partition coefficient (Wildman–Crippen LogP) is 0.557. The summed E-state index contributed by atoms with van der Waals surface area (Å²) in [5.74, 6) is 0.128. The van der Waals surface area contributed by atoms with E-state index in [2.05, 4.69) is 34.6 Å². The minimum absolute atomic E-state index is 0.0365. The van der Waals surface area contributed by atoms with E-state index in [1.807, 2.05) is 19.2 Å². The molecule has 1 aliphatic rings. The average Bonchev–Trinajstić information content (AvgIpc) is 2.41. The van der Waals surface area contributed by atoms with Crippen molar-refractivity contribution in [1.29, 1.82) is 0 Å². The van der Waals surface area contributed by atoms with E-state index < -0.39 is 0 Å². The van der Waals surface area contributed by atoms with Crippen molar-refractivity contribution in [3.63, 3.8) is 0 Å². The number of piperazine rings is 1. The lowest BCUT2D eigenvalue weighted by Crippen LogP contribution is -2.56. The average molecular weight is 261 g/mol. The molecular formula is C15H23N3O. The molecule has 0 spiro atoms. The fourth-order valence-electron chi connectivity index (χ4n) is 2.43. The predicted molar refractivity (Wildman–Crippen MR) is 77.2 cm³/mol. The maximum absolute atomic E-state index is 12.1. The molecule has 104 valence electrons. The van der Waals surface area contributed by atoms with E-state index in [4.69, 9.17) is 0 Å². The molecule has 0 bridgehead atoms. The highest BCUT2D eigenvalue weighted by molar-refractivity contribution is 5.82. The van der Waals surface area contributed by atoms with Crippen molar-refractivity contribution in [2.75, 3.05) is 33.2 Å². The van der Waals surface area contributed by atoms with Crippen molar-refractivity contribution >= 4 is 5.91 Å². The first-order chi connectivity index (χ1) is 9.18. The van der Waals surface area contributed by atoms with Gasteiger partial charge in [0.25, 0.3) is 0 Å². The summed E-state index contributed by atoms with van der Waals surface area (Å²) in [4.78, 5) is 14.2. The van der Waals surface area contributed by atoms with Gasteiger partial charge in [-0.25, -0.2) is 0 Å². The number of carbonyl (C=O) groups excluding carboxylic acids is 1. The first-order valence-corrected chi connectivity index (χ1v) is 6.91. The van der Waals surface area contributed by atoms with Crippen LogP contribution in [0.4, 0.5) is 0 Å². The normalized spacial score (nSPS) is 20.2. The molecule has 19 heavy (non-hydrogen) atoms. The van der Waals surface area contributed by atoms with Crippen molar-refractivity contribution in [2.24, 2.45) is 0 Å². The number of carbonyl (C=O) groups is 1. The van der Waals surface area contributed by atoms with Gasteiger partial charge in [0.05, 0.1) is 0 Å². The van der Waals surface area contributed by atoms with E-state index in [1.165, 1.54) is 11.1 Å². The summed E-state index contributed by atoms with van der Waals surface area (Å²) in [6.07, 6.45) is 0.891. The van der Waals surface area contributed by atoms with Gasteiger partial charge in [0.1, 0.15) is 6.04 Å². The number of rotatable bonds is 4. The maximum Gasteiger partial charge on any atom is 0.238 e. The maximum atomic E-state index is 12.1. The van der Waals surface area contributed by atoms with E-state index >= 15 is 0 Å². The summed E-state index contributed by atoms with van der Waals surface area (Å²) in [6.45, 7) is 5.44. The highest BCUT2D eigenvalue weighted by Crippen LogP contribution is 2.07. The van der Waals surface area contributed by atoms with Gasteiger partial charge in [-0.1, -0.05) is 24.3 Å². The SMILES string of the molecule is Cc1ccccc1CCNC(=O)C1CNCCN1C. The fraction of sp³-hybridized carbons (Fsp3) is 0.533. The number of hydrogen-bond acceptors (Lipinski definition) is 3. The summed E-state index contributed by atoms with van der Waals surface area (Å²) in [5.41, 5.74) is 2.59. The van der Waals surface area contributed by atoms with Crippen LogP contribution < -0.4 is 10.6 Å². The van der Waals surface area contributed by atoms with Gasteiger partial charge in [-0.05, 0) is 31.5 Å². The molecule has 1 aromatic rings. The van der Waals surface area contributed by atoms with Gasteiger partial charge in [-0.15, -0.1) is 0 Å². The number of hydrogen-bond donors (Lipinski definition) is 2. The number of amides is 1. The number of nitrogens with one attached hydrogen (secondary N) is 2. The van der Waals surface area contributed by atoms with Crippen LogP contribution in [-0.2, 0) is 11.2 Å². The van der Waals surface area contributed by atoms with Crippen molar-refractivity contribution < 1.29 is 4.79 Å². The Balaban J connectivity index is 1.79. The van der Waals surface area contributed by atoms with Crippen LogP contribution in [-0.4, -0.2) is 50.1 Å². The summed E-state index contributed by atoms with van der Waals surface area (Å²) >= 11 is 0. The molecule has 1 aliphatic heterocycles. The van der Waals surface area contributed by atoms with E-state index in [-0.39, 0.29) is 11.9 Å². The van der Waals surface area contributed by atoms with E-state index in [1.54, 1.807) is 0 Å². The van der Waals surface area contributed by atoms with Gasteiger partial charge >= 0.3 is 0 Å². The molecule has 2 rings (SSSR count). The minimum Gasteiger partial charge on any atom is -0.354 e. The molecule has 1 unspecified atom stereocenters. The highest BCUT2D eigenvalue weighted by atomic mass is 16.2. The van der Waals surface area contributed by atoms with Crippen LogP contribution in [0.3, 0.4) is 0 Å². The lowest BCUT2D eigenvalue weighted by Gasteiger charge is -2.31. The van der Waals surface area contributed by atoms with E-state index in [0.29, 0.717) is 6.54 Å². The summed E-state index contributed by atoms with van der Waals surface area (Å²) < 4.78 is 0. The molecule has 1 atom stereocenters. The molecule has 0 aromatic heterocycles. The van der Waals surface area contributed by atoms with Crippen LogP contribution in [0.2, 0.25) is 0 Å². The fourth-order valence-corrected chi connectivity index (χ4v) is 2.43. The van der Waals surface area contributed by atoms with Crippen LogP contribution in [0.15, 0.2) is 24.3 Å². The van der Waals surface area contributed by atoms with Gasteiger partial charge in [-0.2, -0.15) is 0 Å². The first kappa shape index (κ1) is 14.0. The second kappa shape index (κ2) is 6.68. The lowest BCUT2D eigenvalue weighted by molar-refractivity contribution is -0.126. The Bertz CT molecular complexity index is 433. The molecule has 1 aromatic carbocycles. The number of benzene rings is 1. The summed E-state index contributed by atoms with van der Waals surface area (Å²) in [5, 5.41) is 6.30. The molecule has 0 saturated carbocycles. The molecule has 4 heteroatoms. The van der Waals surface area contributed by atoms with Crippen LogP contribution in [0.1, 0.15) is 11.1 Å². The second-order valence-electron chi connectivity index (χ2n) is 5.17. The Morgan fingerprint density at radius 2 is 2.26 bits per heavy atom. The van der Waals surface area contributed by atoms with Crippen molar-refractivity contribution in [1.82, 2.24) is 15.5 Å². The second-order valence-corrected chi connectivity index (χ2v) is 5.17. The van der Waals surface area contributed by atoms with Gasteiger partial charge in [0, 0.05) is 26.2 Å². The molecule has 1 amide bonds. The van der Waals surface area contributed by atoms with Gasteiger partial charge in [-0.3, -0.25) is 9.69 Å². The van der Waals surface area contributed by atoms with Crippen LogP contribution in [0, 0.1) is 6.92 Å². The number of aryl methyl sites for hydroxylation is 1. The Labute approximate surface area is 115 Å². The summed E-state index contributed by atoms with van der Waals surface area (Å²) in [7, 11) is 2.01. The van der Waals surface area contributed by atoms with Gasteiger partial charge in [0.2, 0.25) is 5.91 Å². The zero-order valence-electron chi connectivity index (χ0n) is 11.8. The van der Waals surface area contributed by atoms with Gasteiger partial charge in [0.15, 0.2) is 0 Å². The van der Waals surface area contributed by atoms with Gasteiger partial charge < -0.3 is 10.6 Å². The Morgan fingerprint density at radius 3 is 3.00 bits per heavy atom. The molecule has 1 heterocycles.